The zero-order valence-corrected chi connectivity index (χ0v) is 10.4. The third-order valence-corrected chi connectivity index (χ3v) is 3.72. The molecule has 16 heavy (non-hydrogen) atoms. The molecule has 0 aliphatic rings. The van der Waals surface area contributed by atoms with Crippen molar-refractivity contribution in [3.8, 4) is 11.3 Å². The van der Waals surface area contributed by atoms with Crippen molar-refractivity contribution in [2.75, 3.05) is 0 Å². The lowest BCUT2D eigenvalue weighted by Crippen LogP contribution is -1.79. The molecule has 0 aliphatic carbocycles. The molecule has 0 radical (unpaired) electrons. The Morgan fingerprint density at radius 3 is 2.94 bits per heavy atom. The summed E-state index contributed by atoms with van der Waals surface area (Å²) in [6.45, 7) is 0. The zero-order valence-electron chi connectivity index (χ0n) is 8.02. The highest BCUT2D eigenvalue weighted by molar-refractivity contribution is 9.11. The van der Waals surface area contributed by atoms with Crippen LogP contribution >= 0.6 is 27.3 Å². The first-order valence-corrected chi connectivity index (χ1v) is 6.23. The van der Waals surface area contributed by atoms with Gasteiger partial charge in [-0.2, -0.15) is 0 Å². The van der Waals surface area contributed by atoms with Crippen LogP contribution in [0.1, 0.15) is 0 Å². The average Bonchev–Trinajstić information content (AvgIpc) is 2.74. The summed E-state index contributed by atoms with van der Waals surface area (Å²) in [4.78, 5) is 5.32. The van der Waals surface area contributed by atoms with E-state index in [1.54, 1.807) is 17.4 Å². The number of aromatic nitrogens is 2. The zero-order chi connectivity index (χ0) is 11.1. The minimum Gasteiger partial charge on any atom is -0.296 e. The van der Waals surface area contributed by atoms with E-state index in [2.05, 4.69) is 20.9 Å². The normalized spacial score (nSPS) is 11.1. The molecule has 80 valence electrons. The van der Waals surface area contributed by atoms with Crippen LogP contribution in [0.4, 0.5) is 4.39 Å². The fourth-order valence-electron chi connectivity index (χ4n) is 1.55. The lowest BCUT2D eigenvalue weighted by molar-refractivity contribution is 0.628. The fraction of sp³-hybridized carbons (Fsp3) is 0. The molecule has 0 aliphatic heterocycles. The number of hydrogen-bond donors (Lipinski definition) is 0. The molecule has 3 aromatic rings. The highest BCUT2D eigenvalue weighted by Gasteiger charge is 2.07. The molecule has 0 unspecified atom stereocenters. The van der Waals surface area contributed by atoms with E-state index in [0.29, 0.717) is 0 Å². The van der Waals surface area contributed by atoms with Crippen LogP contribution in [0.3, 0.4) is 0 Å². The fourth-order valence-corrected chi connectivity index (χ4v) is 2.90. The molecule has 0 fully saturated rings. The predicted octanol–water partition coefficient (Wildman–Crippen LogP) is 3.96. The Morgan fingerprint density at radius 2 is 2.19 bits per heavy atom. The monoisotopic (exact) mass is 296 g/mol. The lowest BCUT2D eigenvalue weighted by atomic mass is 10.2. The van der Waals surface area contributed by atoms with Crippen LogP contribution < -0.4 is 0 Å². The summed E-state index contributed by atoms with van der Waals surface area (Å²) in [5.41, 5.74) is 1.59. The highest BCUT2D eigenvalue weighted by atomic mass is 79.9. The second kappa shape index (κ2) is 3.68. The summed E-state index contributed by atoms with van der Waals surface area (Å²) in [6.07, 6.45) is 3.83. The largest absolute Gasteiger partial charge is 0.296 e. The maximum atomic E-state index is 13.1. The van der Waals surface area contributed by atoms with Crippen molar-refractivity contribution in [1.29, 1.82) is 0 Å². The standard InChI is InChI=1S/C11H6BrFN2S/c12-10-6-15-5-9(14-11(15)16-10)7-2-1-3-8(13)4-7/h1-6H. The van der Waals surface area contributed by atoms with Crippen molar-refractivity contribution in [2.45, 2.75) is 0 Å². The van der Waals surface area contributed by atoms with Gasteiger partial charge in [0.25, 0.3) is 0 Å². The molecular formula is C11H6BrFN2S. The molecule has 5 heteroatoms. The molecule has 2 heterocycles. The van der Waals surface area contributed by atoms with Crippen LogP contribution in [0.2, 0.25) is 0 Å². The van der Waals surface area contributed by atoms with Crippen molar-refractivity contribution < 1.29 is 4.39 Å². The number of imidazole rings is 1. The third kappa shape index (κ3) is 1.66. The molecule has 0 amide bonds. The Hall–Kier alpha value is -1.20. The predicted molar refractivity (Wildman–Crippen MR) is 66.2 cm³/mol. The molecule has 2 aromatic heterocycles. The van der Waals surface area contributed by atoms with Crippen LogP contribution in [0.5, 0.6) is 0 Å². The summed E-state index contributed by atoms with van der Waals surface area (Å²) < 4.78 is 16.0. The van der Waals surface area contributed by atoms with Gasteiger partial charge >= 0.3 is 0 Å². The molecule has 3 rings (SSSR count). The molecule has 0 bridgehead atoms. The van der Waals surface area contributed by atoms with E-state index in [-0.39, 0.29) is 5.82 Å². The number of nitrogens with zero attached hydrogens (tertiary/aromatic N) is 2. The van der Waals surface area contributed by atoms with E-state index in [1.807, 2.05) is 22.9 Å². The van der Waals surface area contributed by atoms with Gasteiger partial charge in [-0.05, 0) is 28.1 Å². The van der Waals surface area contributed by atoms with Gasteiger partial charge in [0.2, 0.25) is 0 Å². The topological polar surface area (TPSA) is 17.3 Å². The van der Waals surface area contributed by atoms with Gasteiger partial charge in [-0.1, -0.05) is 23.5 Å². The number of thiazole rings is 1. The van der Waals surface area contributed by atoms with Crippen molar-refractivity contribution in [1.82, 2.24) is 9.38 Å². The number of fused-ring (bicyclic) bond motifs is 1. The van der Waals surface area contributed by atoms with Crippen molar-refractivity contribution >= 4 is 32.2 Å². The molecule has 1 aromatic carbocycles. The quantitative estimate of drug-likeness (QED) is 0.664. The van der Waals surface area contributed by atoms with Gasteiger partial charge in [0, 0.05) is 18.0 Å². The number of rotatable bonds is 1. The van der Waals surface area contributed by atoms with Crippen LogP contribution in [-0.2, 0) is 0 Å². The second-order valence-corrected chi connectivity index (χ2v) is 5.75. The van der Waals surface area contributed by atoms with Gasteiger partial charge in [-0.25, -0.2) is 9.37 Å². The summed E-state index contributed by atoms with van der Waals surface area (Å²) in [6, 6.07) is 6.46. The van der Waals surface area contributed by atoms with Crippen molar-refractivity contribution in [2.24, 2.45) is 0 Å². The number of halogens is 2. The second-order valence-electron chi connectivity index (χ2n) is 3.36. The highest BCUT2D eigenvalue weighted by Crippen LogP contribution is 2.26. The van der Waals surface area contributed by atoms with E-state index in [0.717, 1.165) is 20.0 Å². The average molecular weight is 297 g/mol. The van der Waals surface area contributed by atoms with Crippen LogP contribution in [-0.4, -0.2) is 9.38 Å². The smallest absolute Gasteiger partial charge is 0.195 e. The van der Waals surface area contributed by atoms with Gasteiger partial charge in [0.05, 0.1) is 9.48 Å². The summed E-state index contributed by atoms with van der Waals surface area (Å²) >= 11 is 4.94. The molecule has 0 N–H and O–H groups in total. The van der Waals surface area contributed by atoms with Gasteiger partial charge in [-0.15, -0.1) is 0 Å². The van der Waals surface area contributed by atoms with E-state index < -0.39 is 0 Å². The Labute approximate surface area is 103 Å². The number of hydrogen-bond acceptors (Lipinski definition) is 2. The van der Waals surface area contributed by atoms with Crippen LogP contribution in [0.15, 0.2) is 40.4 Å². The minimum absolute atomic E-state index is 0.241. The van der Waals surface area contributed by atoms with Gasteiger partial charge in [0.15, 0.2) is 4.96 Å². The molecule has 0 spiro atoms. The minimum atomic E-state index is -0.241. The van der Waals surface area contributed by atoms with Crippen molar-refractivity contribution in [3.63, 3.8) is 0 Å². The van der Waals surface area contributed by atoms with E-state index in [9.17, 15) is 4.39 Å². The van der Waals surface area contributed by atoms with Gasteiger partial charge < -0.3 is 0 Å². The van der Waals surface area contributed by atoms with Gasteiger partial charge in [-0.3, -0.25) is 4.40 Å². The first-order chi connectivity index (χ1) is 7.72. The van der Waals surface area contributed by atoms with E-state index >= 15 is 0 Å². The molecule has 0 atom stereocenters. The maximum Gasteiger partial charge on any atom is 0.195 e. The number of benzene rings is 1. The molecule has 0 saturated heterocycles. The SMILES string of the molecule is Fc1cccc(-c2cn3cc(Br)sc3n2)c1. The summed E-state index contributed by atoms with van der Waals surface area (Å²) in [5, 5.41) is 0. The Morgan fingerprint density at radius 1 is 1.31 bits per heavy atom. The first kappa shape index (κ1) is 9.99. The Balaban J connectivity index is 2.15. The maximum absolute atomic E-state index is 13.1. The van der Waals surface area contributed by atoms with Crippen molar-refractivity contribution in [3.05, 3.63) is 46.3 Å². The summed E-state index contributed by atoms with van der Waals surface area (Å²) in [7, 11) is 0. The van der Waals surface area contributed by atoms with Crippen LogP contribution in [0, 0.1) is 5.82 Å². The summed E-state index contributed by atoms with van der Waals surface area (Å²) in [5.74, 6) is -0.241. The third-order valence-electron chi connectivity index (χ3n) is 2.25. The first-order valence-electron chi connectivity index (χ1n) is 4.62. The van der Waals surface area contributed by atoms with Crippen LogP contribution in [0.25, 0.3) is 16.2 Å². The molecule has 2 nitrogen and oxygen atoms in total. The Kier molecular flexibility index (Phi) is 2.29. The van der Waals surface area contributed by atoms with E-state index in [1.165, 1.54) is 12.1 Å². The lowest BCUT2D eigenvalue weighted by Gasteiger charge is -1.94. The Bertz CT molecular complexity index is 627. The molecular weight excluding hydrogens is 291 g/mol. The molecule has 0 saturated carbocycles. The van der Waals surface area contributed by atoms with Gasteiger partial charge in [0.1, 0.15) is 5.82 Å². The van der Waals surface area contributed by atoms with E-state index in [4.69, 9.17) is 0 Å².